The number of rotatable bonds is 5. The van der Waals surface area contributed by atoms with Crippen molar-refractivity contribution in [3.05, 3.63) is 52.1 Å². The fraction of sp³-hybridized carbons (Fsp3) is 0.143. The molecule has 0 saturated heterocycles. The van der Waals surface area contributed by atoms with Gasteiger partial charge in [-0.05, 0) is 24.3 Å². The number of phenolic OH excluding ortho intramolecular Hbond substituents is 2. The van der Waals surface area contributed by atoms with Crippen LogP contribution < -0.4 is 10.1 Å². The molecule has 3 N–H and O–H groups in total. The number of nitro benzene ring substituents is 1. The standard InChI is InChI=1S/C14H14N2O5/c1-21-14-5-3-10(6-12(14)16(19)20)15-8-9-2-4-11(17)7-13(9)18/h2-7,15,17-18H,8H2,1H3. The number of nitrogens with one attached hydrogen (secondary N) is 1. The van der Waals surface area contributed by atoms with E-state index in [2.05, 4.69) is 5.32 Å². The summed E-state index contributed by atoms with van der Waals surface area (Å²) in [4.78, 5) is 10.4. The third kappa shape index (κ3) is 3.33. The Bertz CT molecular complexity index is 672. The molecule has 0 unspecified atom stereocenters. The summed E-state index contributed by atoms with van der Waals surface area (Å²) in [5.74, 6) is 0.0971. The topological polar surface area (TPSA) is 105 Å². The number of aromatic hydroxyl groups is 2. The van der Waals surface area contributed by atoms with Crippen LogP contribution in [0.1, 0.15) is 5.56 Å². The Kier molecular flexibility index (Phi) is 4.13. The number of hydrogen-bond donors (Lipinski definition) is 3. The van der Waals surface area contributed by atoms with Gasteiger partial charge in [0, 0.05) is 29.9 Å². The van der Waals surface area contributed by atoms with Gasteiger partial charge in [0.1, 0.15) is 11.5 Å². The van der Waals surface area contributed by atoms with E-state index in [1.54, 1.807) is 12.1 Å². The van der Waals surface area contributed by atoms with Crippen molar-refractivity contribution in [1.29, 1.82) is 0 Å². The number of methoxy groups -OCH3 is 1. The first-order chi connectivity index (χ1) is 10.0. The molecule has 2 rings (SSSR count). The highest BCUT2D eigenvalue weighted by Gasteiger charge is 2.15. The average Bonchev–Trinajstić information content (AvgIpc) is 2.46. The Morgan fingerprint density at radius 2 is 2.00 bits per heavy atom. The van der Waals surface area contributed by atoms with Gasteiger partial charge in [-0.2, -0.15) is 0 Å². The molecule has 0 atom stereocenters. The van der Waals surface area contributed by atoms with E-state index in [1.807, 2.05) is 0 Å². The summed E-state index contributed by atoms with van der Waals surface area (Å²) in [5, 5.41) is 32.8. The molecule has 0 aromatic heterocycles. The second-order valence-electron chi connectivity index (χ2n) is 4.31. The van der Waals surface area contributed by atoms with Crippen molar-refractivity contribution in [1.82, 2.24) is 0 Å². The Balaban J connectivity index is 2.16. The van der Waals surface area contributed by atoms with Crippen molar-refractivity contribution < 1.29 is 19.9 Å². The molecule has 0 fully saturated rings. The molecule has 2 aromatic rings. The Morgan fingerprint density at radius 1 is 1.24 bits per heavy atom. The quantitative estimate of drug-likeness (QED) is 0.577. The van der Waals surface area contributed by atoms with Gasteiger partial charge in [-0.3, -0.25) is 10.1 Å². The van der Waals surface area contributed by atoms with E-state index in [1.165, 1.54) is 31.4 Å². The number of anilines is 1. The van der Waals surface area contributed by atoms with Gasteiger partial charge in [-0.25, -0.2) is 0 Å². The van der Waals surface area contributed by atoms with Crippen molar-refractivity contribution in [2.24, 2.45) is 0 Å². The lowest BCUT2D eigenvalue weighted by Crippen LogP contribution is -2.01. The molecule has 0 saturated carbocycles. The van der Waals surface area contributed by atoms with Gasteiger partial charge < -0.3 is 20.3 Å². The summed E-state index contributed by atoms with van der Waals surface area (Å²) in [7, 11) is 1.36. The molecule has 0 aliphatic rings. The van der Waals surface area contributed by atoms with Crippen LogP contribution in [-0.2, 0) is 6.54 Å². The zero-order chi connectivity index (χ0) is 15.4. The van der Waals surface area contributed by atoms with E-state index in [0.717, 1.165) is 0 Å². The van der Waals surface area contributed by atoms with E-state index in [-0.39, 0.29) is 29.5 Å². The van der Waals surface area contributed by atoms with Gasteiger partial charge in [0.15, 0.2) is 5.75 Å². The zero-order valence-electron chi connectivity index (χ0n) is 11.2. The summed E-state index contributed by atoms with van der Waals surface area (Å²) in [6, 6.07) is 8.74. The SMILES string of the molecule is COc1ccc(NCc2ccc(O)cc2O)cc1[N+](=O)[O-]. The largest absolute Gasteiger partial charge is 0.508 e. The molecule has 0 spiro atoms. The molecule has 7 nitrogen and oxygen atoms in total. The first-order valence-electron chi connectivity index (χ1n) is 6.08. The van der Waals surface area contributed by atoms with Crippen molar-refractivity contribution >= 4 is 11.4 Å². The predicted molar refractivity (Wildman–Crippen MR) is 76.7 cm³/mol. The van der Waals surface area contributed by atoms with Crippen LogP contribution in [0.25, 0.3) is 0 Å². The number of hydrogen-bond acceptors (Lipinski definition) is 6. The van der Waals surface area contributed by atoms with Gasteiger partial charge >= 0.3 is 5.69 Å². The smallest absolute Gasteiger partial charge is 0.312 e. The summed E-state index contributed by atoms with van der Waals surface area (Å²) < 4.78 is 4.92. The van der Waals surface area contributed by atoms with Crippen LogP contribution in [0.4, 0.5) is 11.4 Å². The minimum absolute atomic E-state index is 0.0312. The van der Waals surface area contributed by atoms with Crippen molar-refractivity contribution in [2.45, 2.75) is 6.54 Å². The second kappa shape index (κ2) is 6.00. The molecule has 0 aliphatic heterocycles. The zero-order valence-corrected chi connectivity index (χ0v) is 11.2. The number of ether oxygens (including phenoxy) is 1. The van der Waals surface area contributed by atoms with E-state index < -0.39 is 4.92 Å². The Morgan fingerprint density at radius 3 is 2.62 bits per heavy atom. The summed E-state index contributed by atoms with van der Waals surface area (Å²) in [5.41, 5.74) is 0.943. The molecular weight excluding hydrogens is 276 g/mol. The van der Waals surface area contributed by atoms with E-state index >= 15 is 0 Å². The van der Waals surface area contributed by atoms with Crippen LogP contribution >= 0.6 is 0 Å². The van der Waals surface area contributed by atoms with Gasteiger partial charge in [0.25, 0.3) is 0 Å². The molecule has 0 radical (unpaired) electrons. The maximum absolute atomic E-state index is 10.9. The lowest BCUT2D eigenvalue weighted by molar-refractivity contribution is -0.385. The summed E-state index contributed by atoms with van der Waals surface area (Å²) in [6.45, 7) is 0.260. The van der Waals surface area contributed by atoms with Crippen LogP contribution in [0.5, 0.6) is 17.2 Å². The van der Waals surface area contributed by atoms with Crippen LogP contribution in [-0.4, -0.2) is 22.2 Å². The minimum atomic E-state index is -0.526. The van der Waals surface area contributed by atoms with Gasteiger partial charge in [0.2, 0.25) is 0 Å². The molecule has 0 amide bonds. The molecule has 0 heterocycles. The maximum Gasteiger partial charge on any atom is 0.312 e. The van der Waals surface area contributed by atoms with Crippen molar-refractivity contribution in [3.8, 4) is 17.2 Å². The van der Waals surface area contributed by atoms with Crippen LogP contribution in [0.2, 0.25) is 0 Å². The lowest BCUT2D eigenvalue weighted by atomic mass is 10.2. The number of phenols is 2. The molecule has 0 aliphatic carbocycles. The van der Waals surface area contributed by atoms with Crippen LogP contribution in [0.15, 0.2) is 36.4 Å². The highest BCUT2D eigenvalue weighted by atomic mass is 16.6. The predicted octanol–water partition coefficient (Wildman–Crippen LogP) is 2.63. The summed E-state index contributed by atoms with van der Waals surface area (Å²) in [6.07, 6.45) is 0. The third-order valence-electron chi connectivity index (χ3n) is 2.93. The molecule has 7 heteroatoms. The fourth-order valence-electron chi connectivity index (χ4n) is 1.84. The first kappa shape index (κ1) is 14.4. The fourth-order valence-corrected chi connectivity index (χ4v) is 1.84. The Labute approximate surface area is 120 Å². The molecule has 110 valence electrons. The van der Waals surface area contributed by atoms with E-state index in [0.29, 0.717) is 11.3 Å². The number of benzene rings is 2. The second-order valence-corrected chi connectivity index (χ2v) is 4.31. The molecular formula is C14H14N2O5. The number of nitro groups is 1. The molecule has 2 aromatic carbocycles. The molecule has 21 heavy (non-hydrogen) atoms. The van der Waals surface area contributed by atoms with E-state index in [4.69, 9.17) is 4.74 Å². The third-order valence-corrected chi connectivity index (χ3v) is 2.93. The average molecular weight is 290 g/mol. The van der Waals surface area contributed by atoms with E-state index in [9.17, 15) is 20.3 Å². The van der Waals surface area contributed by atoms with Crippen LogP contribution in [0.3, 0.4) is 0 Å². The summed E-state index contributed by atoms with van der Waals surface area (Å²) >= 11 is 0. The highest BCUT2D eigenvalue weighted by Crippen LogP contribution is 2.30. The van der Waals surface area contributed by atoms with Gasteiger partial charge in [-0.1, -0.05) is 0 Å². The normalized spacial score (nSPS) is 10.1. The van der Waals surface area contributed by atoms with Crippen molar-refractivity contribution in [3.63, 3.8) is 0 Å². The molecule has 0 bridgehead atoms. The number of nitrogens with zero attached hydrogens (tertiary/aromatic N) is 1. The van der Waals surface area contributed by atoms with Gasteiger partial charge in [0.05, 0.1) is 12.0 Å². The Hall–Kier alpha value is -2.96. The maximum atomic E-state index is 10.9. The first-order valence-corrected chi connectivity index (χ1v) is 6.08. The van der Waals surface area contributed by atoms with Crippen molar-refractivity contribution in [2.75, 3.05) is 12.4 Å². The van der Waals surface area contributed by atoms with Crippen LogP contribution in [0, 0.1) is 10.1 Å². The lowest BCUT2D eigenvalue weighted by Gasteiger charge is -2.09. The minimum Gasteiger partial charge on any atom is -0.508 e. The monoisotopic (exact) mass is 290 g/mol. The van der Waals surface area contributed by atoms with Gasteiger partial charge in [-0.15, -0.1) is 0 Å². The highest BCUT2D eigenvalue weighted by molar-refractivity contribution is 5.59.